The fourth-order valence-corrected chi connectivity index (χ4v) is 5.66. The largest absolute Gasteiger partial charge is 0.463 e. The number of rotatable bonds is 7. The molecule has 1 fully saturated rings. The Kier molecular flexibility index (Phi) is 7.55. The topological polar surface area (TPSA) is 122 Å². The SMILES string of the molecule is CC(C)OC(=O)C[C@@H](NC(=O)C1=NN([C@@H]2CCS(=O)(=O)C2)C(=O)CC1)c1ccccc1Cl. The molecule has 2 atom stereocenters. The molecule has 1 N–H and O–H groups in total. The lowest BCUT2D eigenvalue weighted by Gasteiger charge is -2.28. The van der Waals surface area contributed by atoms with Gasteiger partial charge in [0.05, 0.1) is 36.1 Å². The smallest absolute Gasteiger partial charge is 0.308 e. The van der Waals surface area contributed by atoms with Crippen LogP contribution in [0, 0.1) is 0 Å². The molecule has 9 nitrogen and oxygen atoms in total. The van der Waals surface area contributed by atoms with E-state index >= 15 is 0 Å². The van der Waals surface area contributed by atoms with Gasteiger partial charge < -0.3 is 10.1 Å². The van der Waals surface area contributed by atoms with Gasteiger partial charge in [0.1, 0.15) is 5.71 Å². The second-order valence-corrected chi connectivity index (χ2v) is 10.8. The van der Waals surface area contributed by atoms with Crippen molar-refractivity contribution in [3.05, 3.63) is 34.9 Å². The molecule has 2 aliphatic rings. The molecule has 0 spiro atoms. The number of esters is 1. The summed E-state index contributed by atoms with van der Waals surface area (Å²) in [5.74, 6) is -1.54. The van der Waals surface area contributed by atoms with Crippen LogP contribution in [0.25, 0.3) is 0 Å². The standard InChI is InChI=1S/C21H26ClN3O6S/c1-13(2)31-20(27)11-18(15-5-3-4-6-16(15)22)23-21(28)17-7-8-19(26)25(24-17)14-9-10-32(29,30)12-14/h3-6,13-14,18H,7-12H2,1-2H3,(H,23,28)/t14-,18-/m1/s1. The molecule has 0 radical (unpaired) electrons. The number of sulfone groups is 1. The highest BCUT2D eigenvalue weighted by Gasteiger charge is 2.37. The van der Waals surface area contributed by atoms with Gasteiger partial charge in [0, 0.05) is 17.9 Å². The van der Waals surface area contributed by atoms with Gasteiger partial charge in [0.2, 0.25) is 5.91 Å². The van der Waals surface area contributed by atoms with Gasteiger partial charge in [0.15, 0.2) is 9.84 Å². The number of ether oxygens (including phenoxy) is 1. The highest BCUT2D eigenvalue weighted by atomic mass is 35.5. The Morgan fingerprint density at radius 1 is 1.28 bits per heavy atom. The Bertz CT molecular complexity index is 1040. The lowest BCUT2D eigenvalue weighted by molar-refractivity contribution is -0.148. The third kappa shape index (κ3) is 6.07. The van der Waals surface area contributed by atoms with Crippen LogP contribution in [0.15, 0.2) is 29.4 Å². The number of hydrogen-bond acceptors (Lipinski definition) is 7. The van der Waals surface area contributed by atoms with E-state index in [1.807, 2.05) is 0 Å². The minimum atomic E-state index is -3.22. The fraction of sp³-hybridized carbons (Fsp3) is 0.524. The van der Waals surface area contributed by atoms with E-state index in [4.69, 9.17) is 16.3 Å². The molecule has 0 aliphatic carbocycles. The Balaban J connectivity index is 1.80. The number of carbonyl (C=O) groups excluding carboxylic acids is 3. The Morgan fingerprint density at radius 2 is 2.00 bits per heavy atom. The lowest BCUT2D eigenvalue weighted by Crippen LogP contribution is -2.44. The third-order valence-corrected chi connectivity index (χ3v) is 7.29. The number of carbonyl (C=O) groups is 3. The highest BCUT2D eigenvalue weighted by Crippen LogP contribution is 2.27. The number of nitrogens with one attached hydrogen (secondary N) is 1. The molecule has 32 heavy (non-hydrogen) atoms. The molecular formula is C21H26ClN3O6S. The molecular weight excluding hydrogens is 458 g/mol. The number of hydrazone groups is 1. The Hall–Kier alpha value is -2.46. The monoisotopic (exact) mass is 483 g/mol. The van der Waals surface area contributed by atoms with Gasteiger partial charge in [-0.1, -0.05) is 29.8 Å². The maximum absolute atomic E-state index is 13.0. The van der Waals surface area contributed by atoms with Crippen LogP contribution in [0.3, 0.4) is 0 Å². The minimum absolute atomic E-state index is 0.00889. The second-order valence-electron chi connectivity index (χ2n) is 8.13. The van der Waals surface area contributed by atoms with Crippen LogP contribution in [-0.4, -0.2) is 60.6 Å². The zero-order chi connectivity index (χ0) is 23.5. The van der Waals surface area contributed by atoms with Gasteiger partial charge in [-0.2, -0.15) is 5.10 Å². The van der Waals surface area contributed by atoms with E-state index in [9.17, 15) is 22.8 Å². The minimum Gasteiger partial charge on any atom is -0.463 e. The number of amides is 2. The van der Waals surface area contributed by atoms with Crippen molar-refractivity contribution in [1.29, 1.82) is 0 Å². The molecule has 1 aromatic carbocycles. The summed E-state index contributed by atoms with van der Waals surface area (Å²) >= 11 is 6.29. The summed E-state index contributed by atoms with van der Waals surface area (Å²) in [6.45, 7) is 3.46. The fourth-order valence-electron chi connectivity index (χ4n) is 3.70. The van der Waals surface area contributed by atoms with Gasteiger partial charge in [-0.05, 0) is 31.9 Å². The molecule has 0 saturated carbocycles. The summed E-state index contributed by atoms with van der Waals surface area (Å²) in [5.41, 5.74) is 0.651. The van der Waals surface area contributed by atoms with Crippen LogP contribution in [0.5, 0.6) is 0 Å². The number of hydrogen-bond donors (Lipinski definition) is 1. The van der Waals surface area contributed by atoms with Crippen LogP contribution >= 0.6 is 11.6 Å². The van der Waals surface area contributed by atoms with Crippen LogP contribution < -0.4 is 5.32 Å². The van der Waals surface area contributed by atoms with Crippen molar-refractivity contribution < 1.29 is 27.5 Å². The summed E-state index contributed by atoms with van der Waals surface area (Å²) in [6.07, 6.45) is 0.0108. The van der Waals surface area contributed by atoms with Gasteiger partial charge >= 0.3 is 5.97 Å². The molecule has 0 unspecified atom stereocenters. The van der Waals surface area contributed by atoms with E-state index < -0.39 is 33.8 Å². The van der Waals surface area contributed by atoms with E-state index in [2.05, 4.69) is 10.4 Å². The Labute approximate surface area is 192 Å². The molecule has 2 amide bonds. The van der Waals surface area contributed by atoms with Crippen molar-refractivity contribution in [3.8, 4) is 0 Å². The number of halogens is 1. The lowest BCUT2D eigenvalue weighted by atomic mass is 10.0. The summed E-state index contributed by atoms with van der Waals surface area (Å²) < 4.78 is 28.8. The van der Waals surface area contributed by atoms with Crippen LogP contribution in [0.2, 0.25) is 5.02 Å². The summed E-state index contributed by atoms with van der Waals surface area (Å²) in [5, 5.41) is 8.47. The maximum Gasteiger partial charge on any atom is 0.308 e. The highest BCUT2D eigenvalue weighted by molar-refractivity contribution is 7.91. The molecule has 2 heterocycles. The molecule has 174 valence electrons. The van der Waals surface area contributed by atoms with Gasteiger partial charge in [-0.25, -0.2) is 13.4 Å². The zero-order valence-electron chi connectivity index (χ0n) is 17.9. The van der Waals surface area contributed by atoms with Crippen molar-refractivity contribution in [2.75, 3.05) is 11.5 Å². The van der Waals surface area contributed by atoms with Crippen molar-refractivity contribution in [3.63, 3.8) is 0 Å². The molecule has 11 heteroatoms. The van der Waals surface area contributed by atoms with Crippen molar-refractivity contribution in [2.45, 2.75) is 57.7 Å². The average molecular weight is 484 g/mol. The molecule has 1 saturated heterocycles. The van der Waals surface area contributed by atoms with Gasteiger partial charge in [-0.15, -0.1) is 0 Å². The summed E-state index contributed by atoms with van der Waals surface area (Å²) in [6, 6.07) is 5.51. The number of benzene rings is 1. The molecule has 0 aromatic heterocycles. The molecule has 1 aromatic rings. The first-order chi connectivity index (χ1) is 15.1. The predicted molar refractivity (Wildman–Crippen MR) is 119 cm³/mol. The first-order valence-electron chi connectivity index (χ1n) is 10.4. The van der Waals surface area contributed by atoms with Gasteiger partial charge in [0.25, 0.3) is 5.91 Å². The summed E-state index contributed by atoms with van der Waals surface area (Å²) in [4.78, 5) is 37.6. The first-order valence-corrected chi connectivity index (χ1v) is 12.6. The molecule has 3 rings (SSSR count). The normalized spacial score (nSPS) is 21.2. The van der Waals surface area contributed by atoms with Crippen LogP contribution in [0.1, 0.15) is 51.1 Å². The first kappa shape index (κ1) is 24.2. The Morgan fingerprint density at radius 3 is 2.62 bits per heavy atom. The van der Waals surface area contributed by atoms with Crippen LogP contribution in [-0.2, 0) is 29.0 Å². The van der Waals surface area contributed by atoms with E-state index in [1.54, 1.807) is 38.1 Å². The predicted octanol–water partition coefficient (Wildman–Crippen LogP) is 2.00. The van der Waals surface area contributed by atoms with E-state index in [0.717, 1.165) is 5.01 Å². The molecule has 0 bridgehead atoms. The maximum atomic E-state index is 13.0. The zero-order valence-corrected chi connectivity index (χ0v) is 19.5. The number of nitrogens with zero attached hydrogens (tertiary/aromatic N) is 2. The van der Waals surface area contributed by atoms with Crippen molar-refractivity contribution in [1.82, 2.24) is 10.3 Å². The van der Waals surface area contributed by atoms with E-state index in [-0.39, 0.29) is 54.9 Å². The second kappa shape index (κ2) is 9.99. The quantitative estimate of drug-likeness (QED) is 0.592. The third-order valence-electron chi connectivity index (χ3n) is 5.20. The van der Waals surface area contributed by atoms with Crippen molar-refractivity contribution in [2.24, 2.45) is 5.10 Å². The molecule has 2 aliphatic heterocycles. The van der Waals surface area contributed by atoms with E-state index in [0.29, 0.717) is 10.6 Å². The van der Waals surface area contributed by atoms with Crippen molar-refractivity contribution >= 4 is 44.9 Å². The van der Waals surface area contributed by atoms with E-state index in [1.165, 1.54) is 0 Å². The average Bonchev–Trinajstić information content (AvgIpc) is 3.07. The van der Waals surface area contributed by atoms with Gasteiger partial charge in [-0.3, -0.25) is 14.4 Å². The van der Waals surface area contributed by atoms with Crippen LogP contribution in [0.4, 0.5) is 0 Å². The summed E-state index contributed by atoms with van der Waals surface area (Å²) in [7, 11) is -3.22.